The molecule has 24 heavy (non-hydrogen) atoms. The Bertz CT molecular complexity index is 877. The van der Waals surface area contributed by atoms with Crippen LogP contribution in [0.5, 0.6) is 0 Å². The first-order valence-electron chi connectivity index (χ1n) is 8.10. The van der Waals surface area contributed by atoms with E-state index >= 15 is 0 Å². The van der Waals surface area contributed by atoms with E-state index in [4.69, 9.17) is 5.26 Å². The van der Waals surface area contributed by atoms with Crippen LogP contribution in [0.25, 0.3) is 0 Å². The molecule has 1 N–H and O–H groups in total. The largest absolute Gasteiger partial charge is 0.300 e. The van der Waals surface area contributed by atoms with Crippen LogP contribution in [0.4, 0.5) is 0 Å². The van der Waals surface area contributed by atoms with Gasteiger partial charge in [0.25, 0.3) is 0 Å². The fourth-order valence-corrected chi connectivity index (χ4v) is 6.23. The number of sulfonamides is 1. The van der Waals surface area contributed by atoms with Crippen LogP contribution in [-0.4, -0.2) is 19.7 Å². The normalized spacial score (nSPS) is 33.3. The molecule has 5 nitrogen and oxygen atoms in total. The van der Waals surface area contributed by atoms with Gasteiger partial charge in [-0.15, -0.1) is 0 Å². The van der Waals surface area contributed by atoms with Crippen LogP contribution in [-0.2, 0) is 14.8 Å². The van der Waals surface area contributed by atoms with Gasteiger partial charge in [-0.25, -0.2) is 13.1 Å². The third-order valence-corrected chi connectivity index (χ3v) is 7.38. The first-order valence-corrected chi connectivity index (χ1v) is 9.58. The van der Waals surface area contributed by atoms with E-state index in [1.54, 1.807) is 6.92 Å². The number of ketones is 1. The van der Waals surface area contributed by atoms with Gasteiger partial charge in [-0.2, -0.15) is 5.26 Å². The van der Waals surface area contributed by atoms with Crippen LogP contribution in [0.2, 0.25) is 0 Å². The summed E-state index contributed by atoms with van der Waals surface area (Å²) in [6.45, 7) is 1.64. The van der Waals surface area contributed by atoms with Crippen LogP contribution < -0.4 is 4.72 Å². The Morgan fingerprint density at radius 3 is 2.42 bits per heavy atom. The van der Waals surface area contributed by atoms with E-state index in [1.807, 2.05) is 6.07 Å². The molecule has 0 saturated heterocycles. The van der Waals surface area contributed by atoms with E-state index in [0.717, 1.165) is 0 Å². The zero-order valence-electron chi connectivity index (χ0n) is 13.3. The number of nitriles is 1. The van der Waals surface area contributed by atoms with Crippen molar-refractivity contribution in [3.05, 3.63) is 41.5 Å². The maximum atomic E-state index is 12.7. The molecule has 124 valence electrons. The van der Waals surface area contributed by atoms with Gasteiger partial charge in [0, 0.05) is 11.5 Å². The highest BCUT2D eigenvalue weighted by Crippen LogP contribution is 2.62. The number of hydrogen-bond donors (Lipinski definition) is 1. The summed E-state index contributed by atoms with van der Waals surface area (Å²) in [5.74, 6) is 0.703. The van der Waals surface area contributed by atoms with Gasteiger partial charge in [-0.3, -0.25) is 4.79 Å². The minimum absolute atomic E-state index is 0.0732. The van der Waals surface area contributed by atoms with E-state index in [-0.39, 0.29) is 28.4 Å². The van der Waals surface area contributed by atoms with Crippen LogP contribution in [0.15, 0.2) is 40.8 Å². The first-order chi connectivity index (χ1) is 11.4. The Hall–Kier alpha value is -1.97. The lowest BCUT2D eigenvalue weighted by Gasteiger charge is -2.61. The number of rotatable bonds is 4. The molecular weight excluding hydrogens is 324 g/mol. The lowest BCUT2D eigenvalue weighted by atomic mass is 9.45. The number of fused-ring (bicyclic) bond motifs is 1. The summed E-state index contributed by atoms with van der Waals surface area (Å²) in [6.07, 6.45) is 4.22. The summed E-state index contributed by atoms with van der Waals surface area (Å²) in [5.41, 5.74) is 1.31. The highest BCUT2D eigenvalue weighted by Gasteiger charge is 2.60. The van der Waals surface area contributed by atoms with Crippen molar-refractivity contribution in [1.29, 1.82) is 5.26 Å². The Morgan fingerprint density at radius 1 is 1.25 bits per heavy atom. The average Bonchev–Trinajstić information content (AvgIpc) is 2.54. The van der Waals surface area contributed by atoms with Gasteiger partial charge in [-0.05, 0) is 62.3 Å². The topological polar surface area (TPSA) is 87.0 Å². The summed E-state index contributed by atoms with van der Waals surface area (Å²) in [4.78, 5) is 12.0. The minimum Gasteiger partial charge on any atom is -0.300 e. The number of carbonyl (C=O) groups is 1. The quantitative estimate of drug-likeness (QED) is 0.849. The van der Waals surface area contributed by atoms with Gasteiger partial charge in [0.2, 0.25) is 10.0 Å². The summed E-state index contributed by atoms with van der Waals surface area (Å²) in [7, 11) is -3.64. The number of allylic oxidation sites excluding steroid dienone is 1. The average molecular weight is 342 g/mol. The predicted octanol–water partition coefficient (Wildman–Crippen LogP) is 2.15. The lowest BCUT2D eigenvalue weighted by molar-refractivity contribution is -0.130. The van der Waals surface area contributed by atoms with Crippen molar-refractivity contribution in [2.75, 3.05) is 0 Å². The summed E-state index contributed by atoms with van der Waals surface area (Å²) in [6, 6.07) is 7.93. The maximum absolute atomic E-state index is 12.7. The Balaban J connectivity index is 1.59. The van der Waals surface area contributed by atoms with E-state index in [0.29, 0.717) is 24.8 Å². The highest BCUT2D eigenvalue weighted by molar-refractivity contribution is 7.89. The monoisotopic (exact) mass is 342 g/mol. The summed E-state index contributed by atoms with van der Waals surface area (Å²) >= 11 is 0. The Morgan fingerprint density at radius 2 is 1.88 bits per heavy atom. The van der Waals surface area contributed by atoms with Gasteiger partial charge in [0.15, 0.2) is 0 Å². The highest BCUT2D eigenvalue weighted by atomic mass is 32.2. The van der Waals surface area contributed by atoms with Gasteiger partial charge in [0.1, 0.15) is 5.78 Å². The van der Waals surface area contributed by atoms with Crippen molar-refractivity contribution < 1.29 is 13.2 Å². The number of carbonyl (C=O) groups excluding carboxylic acids is 1. The van der Waals surface area contributed by atoms with Crippen molar-refractivity contribution >= 4 is 15.8 Å². The molecular formula is C18H18N2O3S. The molecule has 1 aromatic carbocycles. The zero-order valence-corrected chi connectivity index (χ0v) is 14.1. The molecule has 5 aliphatic rings. The van der Waals surface area contributed by atoms with Gasteiger partial charge in [0.05, 0.1) is 16.5 Å². The van der Waals surface area contributed by atoms with Crippen molar-refractivity contribution in [3.63, 3.8) is 0 Å². The molecule has 1 aromatic rings. The lowest BCUT2D eigenvalue weighted by Crippen LogP contribution is -2.64. The number of benzene rings is 1. The molecule has 0 spiro atoms. The SMILES string of the molecule is CC(=O)C1C2CC3(NS(=O)(=O)c4ccc(C#N)cc4)CC=C2C1C3. The van der Waals surface area contributed by atoms with Gasteiger partial charge < -0.3 is 0 Å². The number of nitrogens with one attached hydrogen (secondary N) is 1. The van der Waals surface area contributed by atoms with Crippen LogP contribution >= 0.6 is 0 Å². The molecule has 0 aromatic heterocycles. The first kappa shape index (κ1) is 15.6. The molecule has 2 unspecified atom stereocenters. The fourth-order valence-electron chi connectivity index (χ4n) is 4.79. The summed E-state index contributed by atoms with van der Waals surface area (Å²) < 4.78 is 28.4. The second kappa shape index (κ2) is 5.01. The van der Waals surface area contributed by atoms with Crippen LogP contribution in [0.1, 0.15) is 31.7 Å². The molecule has 0 heterocycles. The molecule has 6 rings (SSSR count). The van der Waals surface area contributed by atoms with Gasteiger partial charge in [-0.1, -0.05) is 11.6 Å². The summed E-state index contributed by atoms with van der Waals surface area (Å²) in [5, 5.41) is 8.83. The second-order valence-electron chi connectivity index (χ2n) is 7.19. The van der Waals surface area contributed by atoms with E-state index < -0.39 is 15.6 Å². The Labute approximate surface area is 141 Å². The maximum Gasteiger partial charge on any atom is 0.241 e. The molecule has 0 amide bonds. The van der Waals surface area contributed by atoms with Crippen LogP contribution in [0, 0.1) is 29.1 Å². The van der Waals surface area contributed by atoms with Crippen molar-refractivity contribution in [3.8, 4) is 6.07 Å². The third-order valence-electron chi connectivity index (χ3n) is 5.79. The molecule has 5 aliphatic carbocycles. The van der Waals surface area contributed by atoms with E-state index in [9.17, 15) is 13.2 Å². The molecule has 3 fully saturated rings. The van der Waals surface area contributed by atoms with Crippen molar-refractivity contribution in [2.45, 2.75) is 36.6 Å². The molecule has 4 bridgehead atoms. The third kappa shape index (κ3) is 2.15. The zero-order chi connectivity index (χ0) is 17.1. The van der Waals surface area contributed by atoms with E-state index in [1.165, 1.54) is 29.8 Å². The molecule has 0 aliphatic heterocycles. The smallest absolute Gasteiger partial charge is 0.241 e. The van der Waals surface area contributed by atoms with Crippen LogP contribution in [0.3, 0.4) is 0 Å². The van der Waals surface area contributed by atoms with Gasteiger partial charge >= 0.3 is 0 Å². The molecule has 6 heteroatoms. The number of hydrogen-bond acceptors (Lipinski definition) is 4. The second-order valence-corrected chi connectivity index (χ2v) is 8.87. The minimum atomic E-state index is -3.64. The Kier molecular flexibility index (Phi) is 3.25. The van der Waals surface area contributed by atoms with Crippen molar-refractivity contribution in [1.82, 2.24) is 4.72 Å². The molecule has 2 atom stereocenters. The number of Topliss-reactive ketones (excluding diaryl/α,β-unsaturated/α-hetero) is 1. The fraction of sp³-hybridized carbons (Fsp3) is 0.444. The van der Waals surface area contributed by atoms with E-state index in [2.05, 4.69) is 10.8 Å². The molecule has 3 saturated carbocycles. The molecule has 0 radical (unpaired) electrons. The van der Waals surface area contributed by atoms with Crippen molar-refractivity contribution in [2.24, 2.45) is 17.8 Å². The predicted molar refractivity (Wildman–Crippen MR) is 87.3 cm³/mol. The standard InChI is InChI=1S/C18H18N2O3S/c1-11(21)17-15-8-18(7-6-14(15)16(17)9-18)20-24(22,23)13-4-2-12(10-19)3-5-13/h2-6,15-17,20H,7-9H2,1H3. The number of nitrogens with zero attached hydrogens (tertiary/aromatic N) is 1.